The molecular formula is C20H16N2O3S. The molecule has 0 radical (unpaired) electrons. The Bertz CT molecular complexity index is 1010. The van der Waals surface area contributed by atoms with E-state index in [4.69, 9.17) is 0 Å². The van der Waals surface area contributed by atoms with Gasteiger partial charge in [-0.05, 0) is 48.1 Å². The quantitative estimate of drug-likeness (QED) is 0.483. The third-order valence-corrected chi connectivity index (χ3v) is 5.87. The molecule has 130 valence electrons. The van der Waals surface area contributed by atoms with Gasteiger partial charge in [0.2, 0.25) is 0 Å². The van der Waals surface area contributed by atoms with Gasteiger partial charge in [-0.3, -0.25) is 14.9 Å². The number of fused-ring (bicyclic) bond motifs is 3. The Hall–Kier alpha value is -2.99. The molecule has 0 saturated carbocycles. The number of nitrogens with zero attached hydrogens (tertiary/aromatic N) is 2. The monoisotopic (exact) mass is 364 g/mol. The lowest BCUT2D eigenvalue weighted by molar-refractivity contribution is -0.384. The second-order valence-electron chi connectivity index (χ2n) is 6.25. The number of carbonyl (C=O) groups is 1. The van der Waals surface area contributed by atoms with Gasteiger partial charge in [-0.15, -0.1) is 11.3 Å². The van der Waals surface area contributed by atoms with Crippen LogP contribution in [0.5, 0.6) is 0 Å². The zero-order valence-corrected chi connectivity index (χ0v) is 15.0. The minimum Gasteiger partial charge on any atom is -0.307 e. The highest BCUT2D eigenvalue weighted by molar-refractivity contribution is 7.14. The maximum atomic E-state index is 13.1. The normalized spacial score (nSPS) is 12.9. The van der Waals surface area contributed by atoms with Gasteiger partial charge < -0.3 is 4.90 Å². The number of benzene rings is 2. The molecular weight excluding hydrogens is 348 g/mol. The molecule has 6 heteroatoms. The summed E-state index contributed by atoms with van der Waals surface area (Å²) in [4.78, 5) is 26.5. The van der Waals surface area contributed by atoms with Gasteiger partial charge in [0.05, 0.1) is 10.6 Å². The molecule has 0 atom stereocenters. The molecule has 26 heavy (non-hydrogen) atoms. The van der Waals surface area contributed by atoms with E-state index in [9.17, 15) is 14.9 Å². The minimum atomic E-state index is -0.462. The van der Waals surface area contributed by atoms with Gasteiger partial charge in [-0.1, -0.05) is 18.2 Å². The summed E-state index contributed by atoms with van der Waals surface area (Å²) < 4.78 is 0. The van der Waals surface area contributed by atoms with Crippen molar-refractivity contribution in [2.75, 3.05) is 11.4 Å². The van der Waals surface area contributed by atoms with Crippen LogP contribution >= 0.6 is 11.3 Å². The fourth-order valence-corrected chi connectivity index (χ4v) is 4.48. The number of amides is 1. The maximum absolute atomic E-state index is 13.1. The van der Waals surface area contributed by atoms with Gasteiger partial charge in [0.1, 0.15) is 0 Å². The van der Waals surface area contributed by atoms with Crippen LogP contribution in [0.2, 0.25) is 0 Å². The Labute approximate surface area is 154 Å². The minimum absolute atomic E-state index is 0.0179. The van der Waals surface area contributed by atoms with Crippen LogP contribution in [-0.4, -0.2) is 17.4 Å². The SMILES string of the molecule is Cc1csc2c1CCN(C(=O)c1ccc([N+](=O)[O-])cc1)c1ccccc1-2. The number of hydrogen-bond acceptors (Lipinski definition) is 4. The van der Waals surface area contributed by atoms with E-state index >= 15 is 0 Å². The first kappa shape index (κ1) is 16.5. The van der Waals surface area contributed by atoms with Crippen LogP contribution in [0.4, 0.5) is 11.4 Å². The Balaban J connectivity index is 1.75. The number of nitro groups is 1. The Morgan fingerprint density at radius 1 is 1.15 bits per heavy atom. The van der Waals surface area contributed by atoms with Crippen molar-refractivity contribution in [2.24, 2.45) is 0 Å². The van der Waals surface area contributed by atoms with Crippen LogP contribution in [0.25, 0.3) is 10.4 Å². The van der Waals surface area contributed by atoms with E-state index in [2.05, 4.69) is 12.3 Å². The van der Waals surface area contributed by atoms with Crippen molar-refractivity contribution >= 4 is 28.6 Å². The Kier molecular flexibility index (Phi) is 4.05. The zero-order chi connectivity index (χ0) is 18.3. The number of thiophene rings is 1. The molecule has 0 aliphatic carbocycles. The van der Waals surface area contributed by atoms with E-state index in [0.29, 0.717) is 12.1 Å². The third kappa shape index (κ3) is 2.68. The number of nitro benzene ring substituents is 1. The lowest BCUT2D eigenvalue weighted by Gasteiger charge is -2.23. The summed E-state index contributed by atoms with van der Waals surface area (Å²) in [6, 6.07) is 13.7. The van der Waals surface area contributed by atoms with Crippen molar-refractivity contribution in [3.8, 4) is 10.4 Å². The van der Waals surface area contributed by atoms with Crippen molar-refractivity contribution in [3.05, 3.63) is 80.7 Å². The number of hydrogen-bond donors (Lipinski definition) is 0. The van der Waals surface area contributed by atoms with E-state index in [1.165, 1.54) is 40.3 Å². The summed E-state index contributed by atoms with van der Waals surface area (Å²) in [7, 11) is 0. The van der Waals surface area contributed by atoms with Crippen LogP contribution < -0.4 is 4.90 Å². The maximum Gasteiger partial charge on any atom is 0.269 e. The molecule has 1 aromatic heterocycles. The summed E-state index contributed by atoms with van der Waals surface area (Å²) in [6.45, 7) is 2.68. The van der Waals surface area contributed by atoms with E-state index in [0.717, 1.165) is 17.7 Å². The van der Waals surface area contributed by atoms with Crippen LogP contribution in [0, 0.1) is 17.0 Å². The van der Waals surface area contributed by atoms with Crippen molar-refractivity contribution < 1.29 is 9.72 Å². The zero-order valence-electron chi connectivity index (χ0n) is 14.1. The van der Waals surface area contributed by atoms with E-state index in [1.807, 2.05) is 24.3 Å². The first-order valence-electron chi connectivity index (χ1n) is 8.29. The summed E-state index contributed by atoms with van der Waals surface area (Å²) in [5.74, 6) is -0.139. The highest BCUT2D eigenvalue weighted by atomic mass is 32.1. The largest absolute Gasteiger partial charge is 0.307 e. The summed E-state index contributed by atoms with van der Waals surface area (Å²) in [5.41, 5.74) is 4.93. The second-order valence-corrected chi connectivity index (χ2v) is 7.13. The van der Waals surface area contributed by atoms with Gasteiger partial charge in [0.15, 0.2) is 0 Å². The number of rotatable bonds is 2. The highest BCUT2D eigenvalue weighted by Gasteiger charge is 2.26. The molecule has 0 N–H and O–H groups in total. The molecule has 0 fully saturated rings. The van der Waals surface area contributed by atoms with E-state index in [-0.39, 0.29) is 11.6 Å². The lowest BCUT2D eigenvalue weighted by atomic mass is 10.0. The van der Waals surface area contributed by atoms with E-state index in [1.54, 1.807) is 16.2 Å². The molecule has 5 nitrogen and oxygen atoms in total. The second kappa shape index (κ2) is 6.38. The number of para-hydroxylation sites is 1. The fourth-order valence-electron chi connectivity index (χ4n) is 3.34. The molecule has 0 spiro atoms. The van der Waals surface area contributed by atoms with Crippen molar-refractivity contribution in [3.63, 3.8) is 0 Å². The number of carbonyl (C=O) groups excluding carboxylic acids is 1. The predicted molar refractivity (Wildman–Crippen MR) is 103 cm³/mol. The molecule has 0 unspecified atom stereocenters. The molecule has 0 saturated heterocycles. The molecule has 1 aliphatic heterocycles. The van der Waals surface area contributed by atoms with Gasteiger partial charge in [-0.2, -0.15) is 0 Å². The number of non-ortho nitro benzene ring substituents is 1. The summed E-state index contributed by atoms with van der Waals surface area (Å²) in [6.07, 6.45) is 0.790. The average Bonchev–Trinajstić information content (AvgIpc) is 2.94. The highest BCUT2D eigenvalue weighted by Crippen LogP contribution is 2.41. The molecule has 0 bridgehead atoms. The smallest absolute Gasteiger partial charge is 0.269 e. The summed E-state index contributed by atoms with van der Waals surface area (Å²) in [5, 5.41) is 13.0. The average molecular weight is 364 g/mol. The molecule has 1 aliphatic rings. The Morgan fingerprint density at radius 3 is 2.62 bits per heavy atom. The topological polar surface area (TPSA) is 63.5 Å². The van der Waals surface area contributed by atoms with Gasteiger partial charge in [0, 0.05) is 34.7 Å². The standard InChI is InChI=1S/C20H16N2O3S/c1-13-12-26-19-16(13)10-11-21(18-5-3-2-4-17(18)19)20(23)14-6-8-15(9-7-14)22(24)25/h2-9,12H,10-11H2,1H3. The van der Waals surface area contributed by atoms with Crippen LogP contribution in [0.3, 0.4) is 0 Å². The molecule has 1 amide bonds. The van der Waals surface area contributed by atoms with Gasteiger partial charge in [-0.25, -0.2) is 0 Å². The van der Waals surface area contributed by atoms with Gasteiger partial charge >= 0.3 is 0 Å². The summed E-state index contributed by atoms with van der Waals surface area (Å²) >= 11 is 1.71. The van der Waals surface area contributed by atoms with Crippen LogP contribution in [0.15, 0.2) is 53.9 Å². The number of aryl methyl sites for hydroxylation is 1. The Morgan fingerprint density at radius 2 is 1.88 bits per heavy atom. The van der Waals surface area contributed by atoms with Crippen LogP contribution in [0.1, 0.15) is 21.5 Å². The molecule has 4 rings (SSSR count). The number of anilines is 1. The van der Waals surface area contributed by atoms with Crippen molar-refractivity contribution in [1.29, 1.82) is 0 Å². The first-order valence-corrected chi connectivity index (χ1v) is 9.17. The lowest BCUT2D eigenvalue weighted by Crippen LogP contribution is -2.32. The molecule has 2 aromatic carbocycles. The van der Waals surface area contributed by atoms with Crippen LogP contribution in [-0.2, 0) is 6.42 Å². The van der Waals surface area contributed by atoms with Crippen molar-refractivity contribution in [1.82, 2.24) is 0 Å². The van der Waals surface area contributed by atoms with Gasteiger partial charge in [0.25, 0.3) is 11.6 Å². The predicted octanol–water partition coefficient (Wildman–Crippen LogP) is 4.83. The molecule has 2 heterocycles. The fraction of sp³-hybridized carbons (Fsp3) is 0.150. The van der Waals surface area contributed by atoms with Crippen molar-refractivity contribution in [2.45, 2.75) is 13.3 Å². The first-order chi connectivity index (χ1) is 12.6. The molecule has 3 aromatic rings. The third-order valence-electron chi connectivity index (χ3n) is 4.70. The van der Waals surface area contributed by atoms with E-state index < -0.39 is 4.92 Å².